The number of anilines is 1. The Balaban J connectivity index is 1.89. The molecule has 0 bridgehead atoms. The SMILES string of the molecule is CCOc1ccc(NC(=O)C(=O)N/N=C(\C)c2cccs2)cc1. The van der Waals surface area contributed by atoms with Gasteiger partial charge < -0.3 is 10.1 Å². The Morgan fingerprint density at radius 1 is 1.17 bits per heavy atom. The lowest BCUT2D eigenvalue weighted by Crippen LogP contribution is -2.32. The highest BCUT2D eigenvalue weighted by molar-refractivity contribution is 7.12. The van der Waals surface area contributed by atoms with Crippen LogP contribution in [0.3, 0.4) is 0 Å². The van der Waals surface area contributed by atoms with Crippen molar-refractivity contribution in [2.45, 2.75) is 13.8 Å². The van der Waals surface area contributed by atoms with Crippen LogP contribution in [0, 0.1) is 0 Å². The third-order valence-corrected chi connectivity index (χ3v) is 3.81. The first-order valence-corrected chi connectivity index (χ1v) is 7.90. The molecule has 0 aliphatic carbocycles. The van der Waals surface area contributed by atoms with Crippen LogP contribution in [0.1, 0.15) is 18.7 Å². The molecule has 0 fully saturated rings. The fraction of sp³-hybridized carbons (Fsp3) is 0.188. The van der Waals surface area contributed by atoms with E-state index in [-0.39, 0.29) is 0 Å². The standard InChI is InChI=1S/C16H17N3O3S/c1-3-22-13-8-6-12(7-9-13)17-15(20)16(21)19-18-11(2)14-5-4-10-23-14/h4-10H,3H2,1-2H3,(H,17,20)(H,19,21)/b18-11+. The maximum atomic E-state index is 11.8. The van der Waals surface area contributed by atoms with Crippen molar-refractivity contribution in [2.24, 2.45) is 5.10 Å². The predicted octanol–water partition coefficient (Wildman–Crippen LogP) is 2.63. The molecule has 0 spiro atoms. The van der Waals surface area contributed by atoms with Crippen LogP contribution in [0.15, 0.2) is 46.9 Å². The number of amides is 2. The summed E-state index contributed by atoms with van der Waals surface area (Å²) >= 11 is 1.50. The maximum absolute atomic E-state index is 11.8. The van der Waals surface area contributed by atoms with Gasteiger partial charge in [0.05, 0.1) is 12.3 Å². The third-order valence-electron chi connectivity index (χ3n) is 2.83. The number of carbonyl (C=O) groups excluding carboxylic acids is 2. The van der Waals surface area contributed by atoms with Gasteiger partial charge in [0, 0.05) is 10.6 Å². The van der Waals surface area contributed by atoms with E-state index in [1.807, 2.05) is 24.4 Å². The van der Waals surface area contributed by atoms with Crippen LogP contribution in [0.5, 0.6) is 5.75 Å². The van der Waals surface area contributed by atoms with Crippen LogP contribution in [-0.2, 0) is 9.59 Å². The second kappa shape index (κ2) is 8.09. The smallest absolute Gasteiger partial charge is 0.329 e. The molecular weight excluding hydrogens is 314 g/mol. The molecule has 0 radical (unpaired) electrons. The van der Waals surface area contributed by atoms with Gasteiger partial charge in [-0.2, -0.15) is 5.10 Å². The van der Waals surface area contributed by atoms with E-state index in [4.69, 9.17) is 4.74 Å². The topological polar surface area (TPSA) is 79.8 Å². The number of ether oxygens (including phenoxy) is 1. The van der Waals surface area contributed by atoms with Gasteiger partial charge in [0.15, 0.2) is 0 Å². The summed E-state index contributed by atoms with van der Waals surface area (Å²) < 4.78 is 5.30. The quantitative estimate of drug-likeness (QED) is 0.502. The molecular formula is C16H17N3O3S. The third kappa shape index (κ3) is 4.93. The lowest BCUT2D eigenvalue weighted by Gasteiger charge is -2.06. The van der Waals surface area contributed by atoms with Crippen LogP contribution in [0.2, 0.25) is 0 Å². The first kappa shape index (κ1) is 16.7. The highest BCUT2D eigenvalue weighted by atomic mass is 32.1. The second-order valence-corrected chi connectivity index (χ2v) is 5.47. The molecule has 0 unspecified atom stereocenters. The fourth-order valence-electron chi connectivity index (χ4n) is 1.71. The van der Waals surface area contributed by atoms with Crippen LogP contribution >= 0.6 is 11.3 Å². The molecule has 0 aliphatic rings. The second-order valence-electron chi connectivity index (χ2n) is 4.53. The maximum Gasteiger partial charge on any atom is 0.329 e. The molecule has 2 rings (SSSR count). The number of rotatable bonds is 5. The van der Waals surface area contributed by atoms with Crippen molar-refractivity contribution in [3.63, 3.8) is 0 Å². The molecule has 2 amide bonds. The summed E-state index contributed by atoms with van der Waals surface area (Å²) in [6.45, 7) is 4.21. The molecule has 1 aromatic heterocycles. The number of nitrogens with one attached hydrogen (secondary N) is 2. The first-order chi connectivity index (χ1) is 11.1. The van der Waals surface area contributed by atoms with Gasteiger partial charge >= 0.3 is 11.8 Å². The minimum Gasteiger partial charge on any atom is -0.494 e. The zero-order valence-electron chi connectivity index (χ0n) is 12.8. The monoisotopic (exact) mass is 331 g/mol. The van der Waals surface area contributed by atoms with E-state index in [1.165, 1.54) is 11.3 Å². The summed E-state index contributed by atoms with van der Waals surface area (Å²) in [5, 5.41) is 8.32. The number of hydrogen-bond acceptors (Lipinski definition) is 5. The zero-order chi connectivity index (χ0) is 16.7. The number of nitrogens with zero attached hydrogens (tertiary/aromatic N) is 1. The Morgan fingerprint density at radius 2 is 1.91 bits per heavy atom. The van der Waals surface area contributed by atoms with Gasteiger partial charge in [-0.05, 0) is 49.6 Å². The summed E-state index contributed by atoms with van der Waals surface area (Å²) in [6, 6.07) is 10.5. The van der Waals surface area contributed by atoms with E-state index in [2.05, 4.69) is 15.8 Å². The van der Waals surface area contributed by atoms with Gasteiger partial charge in [0.2, 0.25) is 0 Å². The molecule has 0 atom stereocenters. The Morgan fingerprint density at radius 3 is 2.52 bits per heavy atom. The van der Waals surface area contributed by atoms with Crippen LogP contribution in [0.25, 0.3) is 0 Å². The summed E-state index contributed by atoms with van der Waals surface area (Å²) in [5.41, 5.74) is 3.39. The van der Waals surface area contributed by atoms with E-state index < -0.39 is 11.8 Å². The van der Waals surface area contributed by atoms with Gasteiger partial charge in [-0.25, -0.2) is 5.43 Å². The minimum absolute atomic E-state index is 0.507. The molecule has 0 saturated carbocycles. The number of hydrazone groups is 1. The van der Waals surface area contributed by atoms with Crippen molar-refractivity contribution in [1.29, 1.82) is 0 Å². The lowest BCUT2D eigenvalue weighted by atomic mass is 10.3. The zero-order valence-corrected chi connectivity index (χ0v) is 13.6. The van der Waals surface area contributed by atoms with Gasteiger partial charge in [-0.15, -0.1) is 11.3 Å². The van der Waals surface area contributed by atoms with Crippen molar-refractivity contribution in [1.82, 2.24) is 5.43 Å². The van der Waals surface area contributed by atoms with E-state index in [0.717, 1.165) is 4.88 Å². The van der Waals surface area contributed by atoms with Crippen molar-refractivity contribution in [3.05, 3.63) is 46.7 Å². The molecule has 7 heteroatoms. The predicted molar refractivity (Wildman–Crippen MR) is 90.9 cm³/mol. The Labute approximate surface area is 138 Å². The van der Waals surface area contributed by atoms with Crippen molar-refractivity contribution in [3.8, 4) is 5.75 Å². The average Bonchev–Trinajstić information content (AvgIpc) is 3.09. The van der Waals surface area contributed by atoms with Gasteiger partial charge in [-0.1, -0.05) is 6.07 Å². The summed E-state index contributed by atoms with van der Waals surface area (Å²) in [4.78, 5) is 24.5. The molecule has 23 heavy (non-hydrogen) atoms. The Bertz CT molecular complexity index is 694. The summed E-state index contributed by atoms with van der Waals surface area (Å²) in [7, 11) is 0. The van der Waals surface area contributed by atoms with Crippen LogP contribution < -0.4 is 15.5 Å². The number of hydrogen-bond donors (Lipinski definition) is 2. The number of carbonyl (C=O) groups is 2. The van der Waals surface area contributed by atoms with E-state index >= 15 is 0 Å². The Kier molecular flexibility index (Phi) is 5.87. The minimum atomic E-state index is -0.824. The normalized spacial score (nSPS) is 11.0. The van der Waals surface area contributed by atoms with E-state index in [0.29, 0.717) is 23.8 Å². The highest BCUT2D eigenvalue weighted by Crippen LogP contribution is 2.15. The molecule has 2 N–H and O–H groups in total. The average molecular weight is 331 g/mol. The summed E-state index contributed by atoms with van der Waals surface area (Å²) in [5.74, 6) is -0.905. The van der Waals surface area contributed by atoms with Crippen LogP contribution in [0.4, 0.5) is 5.69 Å². The Hall–Kier alpha value is -2.67. The van der Waals surface area contributed by atoms with Crippen molar-refractivity contribution < 1.29 is 14.3 Å². The van der Waals surface area contributed by atoms with Crippen molar-refractivity contribution in [2.75, 3.05) is 11.9 Å². The molecule has 1 heterocycles. The van der Waals surface area contributed by atoms with Gasteiger partial charge in [0.25, 0.3) is 0 Å². The molecule has 120 valence electrons. The van der Waals surface area contributed by atoms with E-state index in [9.17, 15) is 9.59 Å². The van der Waals surface area contributed by atoms with Gasteiger partial charge in [0.1, 0.15) is 5.75 Å². The largest absolute Gasteiger partial charge is 0.494 e. The molecule has 0 aliphatic heterocycles. The molecule has 0 saturated heterocycles. The highest BCUT2D eigenvalue weighted by Gasteiger charge is 2.13. The van der Waals surface area contributed by atoms with Crippen molar-refractivity contribution >= 4 is 34.6 Å². The van der Waals surface area contributed by atoms with Gasteiger partial charge in [-0.3, -0.25) is 9.59 Å². The summed E-state index contributed by atoms with van der Waals surface area (Å²) in [6.07, 6.45) is 0. The lowest BCUT2D eigenvalue weighted by molar-refractivity contribution is -0.136. The molecule has 1 aromatic carbocycles. The first-order valence-electron chi connectivity index (χ1n) is 7.02. The fourth-order valence-corrected chi connectivity index (χ4v) is 2.39. The molecule has 2 aromatic rings. The van der Waals surface area contributed by atoms with Crippen LogP contribution in [-0.4, -0.2) is 24.1 Å². The number of benzene rings is 1. The number of thiophene rings is 1. The molecule has 6 nitrogen and oxygen atoms in total. The van der Waals surface area contributed by atoms with E-state index in [1.54, 1.807) is 31.2 Å².